The fourth-order valence-electron chi connectivity index (χ4n) is 1.33. The average Bonchev–Trinajstić information content (AvgIpc) is 2.87. The Labute approximate surface area is 111 Å². The first-order chi connectivity index (χ1) is 8.61. The van der Waals surface area contributed by atoms with Crippen LogP contribution in [0.4, 0.5) is 5.69 Å². The molecule has 0 radical (unpaired) electrons. The second-order valence-electron chi connectivity index (χ2n) is 3.39. The van der Waals surface area contributed by atoms with E-state index in [4.69, 9.17) is 11.6 Å². The second-order valence-corrected chi connectivity index (χ2v) is 4.69. The molecule has 0 unspecified atom stereocenters. The van der Waals surface area contributed by atoms with Crippen LogP contribution in [0.5, 0.6) is 0 Å². The number of hydrogen-bond acceptors (Lipinski definition) is 5. The Morgan fingerprint density at radius 2 is 2.06 bits per heavy atom. The van der Waals surface area contributed by atoms with Crippen LogP contribution in [-0.2, 0) is 0 Å². The summed E-state index contributed by atoms with van der Waals surface area (Å²) in [5.41, 5.74) is 0.756. The van der Waals surface area contributed by atoms with Gasteiger partial charge in [-0.3, -0.25) is 14.9 Å². The van der Waals surface area contributed by atoms with Crippen LogP contribution in [0.3, 0.4) is 0 Å². The molecule has 0 aliphatic heterocycles. The van der Waals surface area contributed by atoms with Gasteiger partial charge in [0, 0.05) is 23.9 Å². The molecular formula is C11H7ClN2O3S. The number of non-ortho nitro benzene ring substituents is 1. The van der Waals surface area contributed by atoms with Crippen molar-refractivity contribution >= 4 is 34.4 Å². The maximum absolute atomic E-state index is 11.4. The lowest BCUT2D eigenvalue weighted by molar-refractivity contribution is -0.384. The van der Waals surface area contributed by atoms with E-state index < -0.39 is 4.92 Å². The molecule has 5 nitrogen and oxygen atoms in total. The van der Waals surface area contributed by atoms with Crippen LogP contribution in [-0.4, -0.2) is 21.6 Å². The highest BCUT2D eigenvalue weighted by Crippen LogP contribution is 2.27. The fraction of sp³-hybridized carbons (Fsp3) is 0.0909. The van der Waals surface area contributed by atoms with Gasteiger partial charge in [-0.15, -0.1) is 22.9 Å². The summed E-state index contributed by atoms with van der Waals surface area (Å²) in [6.45, 7) is 0. The van der Waals surface area contributed by atoms with Crippen molar-refractivity contribution in [3.05, 3.63) is 45.5 Å². The number of halogens is 1. The molecule has 18 heavy (non-hydrogen) atoms. The SMILES string of the molecule is O=C(CCl)c1cnc(-c2ccc([N+](=O)[O-])cc2)s1. The number of carbonyl (C=O) groups excluding carboxylic acids is 1. The first-order valence-electron chi connectivity index (χ1n) is 4.91. The van der Waals surface area contributed by atoms with Crippen molar-refractivity contribution in [2.75, 3.05) is 5.88 Å². The predicted octanol–water partition coefficient (Wildman–Crippen LogP) is 3.14. The Morgan fingerprint density at radius 3 is 2.61 bits per heavy atom. The van der Waals surface area contributed by atoms with Gasteiger partial charge in [0.05, 0.1) is 15.7 Å². The van der Waals surface area contributed by atoms with Gasteiger partial charge in [-0.25, -0.2) is 4.98 Å². The van der Waals surface area contributed by atoms with E-state index in [0.717, 1.165) is 5.56 Å². The zero-order valence-corrected chi connectivity index (χ0v) is 10.6. The lowest BCUT2D eigenvalue weighted by Gasteiger charge is -1.95. The summed E-state index contributed by atoms with van der Waals surface area (Å²) in [7, 11) is 0. The minimum Gasteiger partial charge on any atom is -0.292 e. The highest BCUT2D eigenvalue weighted by molar-refractivity contribution is 7.17. The summed E-state index contributed by atoms with van der Waals surface area (Å²) < 4.78 is 0. The van der Waals surface area contributed by atoms with E-state index in [0.29, 0.717) is 9.88 Å². The van der Waals surface area contributed by atoms with Gasteiger partial charge in [0.15, 0.2) is 5.78 Å². The van der Waals surface area contributed by atoms with Crippen LogP contribution in [0.2, 0.25) is 0 Å². The van der Waals surface area contributed by atoms with Gasteiger partial charge in [0.25, 0.3) is 5.69 Å². The number of Topliss-reactive ketones (excluding diaryl/α,β-unsaturated/α-hetero) is 1. The lowest BCUT2D eigenvalue weighted by atomic mass is 10.2. The topological polar surface area (TPSA) is 73.1 Å². The molecule has 0 spiro atoms. The number of aromatic nitrogens is 1. The van der Waals surface area contributed by atoms with Crippen molar-refractivity contribution in [2.45, 2.75) is 0 Å². The van der Waals surface area contributed by atoms with E-state index in [1.54, 1.807) is 12.1 Å². The molecule has 0 aliphatic rings. The number of benzene rings is 1. The molecule has 0 aliphatic carbocycles. The van der Waals surface area contributed by atoms with Crippen molar-refractivity contribution in [1.29, 1.82) is 0 Å². The number of nitro groups is 1. The second kappa shape index (κ2) is 5.24. The Hall–Kier alpha value is -1.79. The highest BCUT2D eigenvalue weighted by atomic mass is 35.5. The molecule has 0 fully saturated rings. The molecule has 2 aromatic rings. The van der Waals surface area contributed by atoms with Crippen molar-refractivity contribution in [2.24, 2.45) is 0 Å². The molecule has 92 valence electrons. The Kier molecular flexibility index (Phi) is 3.69. The molecule has 1 aromatic carbocycles. The summed E-state index contributed by atoms with van der Waals surface area (Å²) in [6.07, 6.45) is 1.46. The molecule has 0 bridgehead atoms. The van der Waals surface area contributed by atoms with Crippen LogP contribution < -0.4 is 0 Å². The third-order valence-corrected chi connectivity index (χ3v) is 3.56. The third kappa shape index (κ3) is 2.55. The van der Waals surface area contributed by atoms with Crippen molar-refractivity contribution < 1.29 is 9.72 Å². The fourth-order valence-corrected chi connectivity index (χ4v) is 2.41. The Morgan fingerprint density at radius 1 is 1.39 bits per heavy atom. The normalized spacial score (nSPS) is 10.3. The minimum atomic E-state index is -0.464. The first kappa shape index (κ1) is 12.7. The highest BCUT2D eigenvalue weighted by Gasteiger charge is 2.11. The molecule has 7 heteroatoms. The van der Waals surface area contributed by atoms with E-state index >= 15 is 0 Å². The van der Waals surface area contributed by atoms with E-state index in [1.807, 2.05) is 0 Å². The van der Waals surface area contributed by atoms with Crippen LogP contribution in [0.15, 0.2) is 30.5 Å². The summed E-state index contributed by atoms with van der Waals surface area (Å²) in [6, 6.07) is 6.01. The molecule has 0 saturated carbocycles. The quantitative estimate of drug-likeness (QED) is 0.374. The summed E-state index contributed by atoms with van der Waals surface area (Å²) in [4.78, 5) is 26.0. The van der Waals surface area contributed by atoms with Gasteiger partial charge in [-0.1, -0.05) is 0 Å². The third-order valence-electron chi connectivity index (χ3n) is 2.23. The zero-order valence-electron chi connectivity index (χ0n) is 9.00. The average molecular weight is 283 g/mol. The molecule has 0 N–H and O–H groups in total. The van der Waals surface area contributed by atoms with E-state index in [2.05, 4.69) is 4.98 Å². The summed E-state index contributed by atoms with van der Waals surface area (Å²) in [5, 5.41) is 11.2. The van der Waals surface area contributed by atoms with Gasteiger partial charge in [-0.2, -0.15) is 0 Å². The van der Waals surface area contributed by atoms with Crippen molar-refractivity contribution in [3.8, 4) is 10.6 Å². The number of hydrogen-bond donors (Lipinski definition) is 0. The number of alkyl halides is 1. The number of rotatable bonds is 4. The van der Waals surface area contributed by atoms with Crippen LogP contribution in [0.1, 0.15) is 9.67 Å². The van der Waals surface area contributed by atoms with Gasteiger partial charge in [0.2, 0.25) is 0 Å². The summed E-state index contributed by atoms with van der Waals surface area (Å²) in [5.74, 6) is -0.260. The molecule has 0 saturated heterocycles. The van der Waals surface area contributed by atoms with Crippen LogP contribution in [0, 0.1) is 10.1 Å². The van der Waals surface area contributed by atoms with Gasteiger partial charge < -0.3 is 0 Å². The standard InChI is InChI=1S/C11H7ClN2O3S/c12-5-9(15)10-6-13-11(18-10)7-1-3-8(4-2-7)14(16)17/h1-4,6H,5H2. The predicted molar refractivity (Wildman–Crippen MR) is 69.3 cm³/mol. The van der Waals surface area contributed by atoms with E-state index in [1.165, 1.54) is 29.7 Å². The van der Waals surface area contributed by atoms with Crippen molar-refractivity contribution in [3.63, 3.8) is 0 Å². The minimum absolute atomic E-state index is 0.0207. The molecular weight excluding hydrogens is 276 g/mol. The molecule has 0 amide bonds. The number of ketones is 1. The number of nitro benzene ring substituents is 1. The van der Waals surface area contributed by atoms with E-state index in [-0.39, 0.29) is 17.4 Å². The molecule has 1 aromatic heterocycles. The largest absolute Gasteiger partial charge is 0.292 e. The Bertz CT molecular complexity index is 595. The number of thiazole rings is 1. The molecule has 1 heterocycles. The first-order valence-corrected chi connectivity index (χ1v) is 6.26. The zero-order chi connectivity index (χ0) is 13.1. The van der Waals surface area contributed by atoms with Gasteiger partial charge >= 0.3 is 0 Å². The smallest absolute Gasteiger partial charge is 0.269 e. The monoisotopic (exact) mass is 282 g/mol. The van der Waals surface area contributed by atoms with Crippen LogP contribution in [0.25, 0.3) is 10.6 Å². The summed E-state index contributed by atoms with van der Waals surface area (Å²) >= 11 is 6.67. The van der Waals surface area contributed by atoms with Gasteiger partial charge in [0.1, 0.15) is 5.01 Å². The molecule has 2 rings (SSSR count). The van der Waals surface area contributed by atoms with Crippen LogP contribution >= 0.6 is 22.9 Å². The maximum atomic E-state index is 11.4. The number of carbonyl (C=O) groups is 1. The lowest BCUT2D eigenvalue weighted by Crippen LogP contribution is -1.95. The van der Waals surface area contributed by atoms with Crippen molar-refractivity contribution in [1.82, 2.24) is 4.98 Å². The molecule has 0 atom stereocenters. The van der Waals surface area contributed by atoms with Gasteiger partial charge in [-0.05, 0) is 12.1 Å². The maximum Gasteiger partial charge on any atom is 0.269 e. The number of nitrogens with zero attached hydrogens (tertiary/aromatic N) is 2. The van der Waals surface area contributed by atoms with E-state index in [9.17, 15) is 14.9 Å². The Balaban J connectivity index is 2.29.